The van der Waals surface area contributed by atoms with E-state index in [4.69, 9.17) is 5.11 Å². The van der Waals surface area contributed by atoms with Crippen molar-refractivity contribution < 1.29 is 23.9 Å². The minimum atomic E-state index is -1.15. The smallest absolute Gasteiger partial charge is 0.323 e. The quantitative estimate of drug-likeness (QED) is 0.901. The number of carbonyl (C=O) groups excluding carboxylic acids is 2. The number of nitrogens with zero attached hydrogens (tertiary/aromatic N) is 2. The van der Waals surface area contributed by atoms with Crippen molar-refractivity contribution >= 4 is 23.5 Å². The average molecular weight is 292 g/mol. The van der Waals surface area contributed by atoms with Gasteiger partial charge in [0.25, 0.3) is 5.91 Å². The molecule has 0 saturated carbocycles. The Hall–Kier alpha value is -2.44. The Balaban J connectivity index is 1.96. The van der Waals surface area contributed by atoms with Crippen molar-refractivity contribution in [2.45, 2.75) is 19.4 Å². The summed E-state index contributed by atoms with van der Waals surface area (Å²) in [5, 5.41) is 8.76. The first kappa shape index (κ1) is 13.5. The Labute approximate surface area is 119 Å². The summed E-state index contributed by atoms with van der Waals surface area (Å²) in [5.41, 5.74) is 0.696. The van der Waals surface area contributed by atoms with E-state index < -0.39 is 24.2 Å². The molecule has 6 nitrogen and oxygen atoms in total. The minimum absolute atomic E-state index is 0.0550. The number of halogens is 1. The number of rotatable bonds is 3. The van der Waals surface area contributed by atoms with E-state index in [1.807, 2.05) is 0 Å². The molecule has 1 aromatic rings. The summed E-state index contributed by atoms with van der Waals surface area (Å²) in [7, 11) is 0. The predicted molar refractivity (Wildman–Crippen MR) is 70.4 cm³/mol. The molecule has 7 heteroatoms. The maximum Gasteiger partial charge on any atom is 0.323 e. The van der Waals surface area contributed by atoms with Crippen LogP contribution in [0.5, 0.6) is 0 Å². The molecule has 0 aliphatic carbocycles. The lowest BCUT2D eigenvalue weighted by Gasteiger charge is -2.16. The van der Waals surface area contributed by atoms with Crippen molar-refractivity contribution in [3.63, 3.8) is 0 Å². The number of anilines is 1. The first-order valence-electron chi connectivity index (χ1n) is 6.61. The highest BCUT2D eigenvalue weighted by atomic mass is 19.1. The third-order valence-electron chi connectivity index (χ3n) is 3.76. The number of carboxylic acid groups (broad SMARTS) is 1. The third kappa shape index (κ3) is 2.24. The van der Waals surface area contributed by atoms with Crippen LogP contribution in [0.4, 0.5) is 10.1 Å². The summed E-state index contributed by atoms with van der Waals surface area (Å²) in [4.78, 5) is 37.1. The Morgan fingerprint density at radius 1 is 1.33 bits per heavy atom. The highest BCUT2D eigenvalue weighted by Gasteiger charge is 2.33. The molecule has 0 radical (unpaired) electrons. The van der Waals surface area contributed by atoms with E-state index in [-0.39, 0.29) is 23.6 Å². The van der Waals surface area contributed by atoms with Crippen LogP contribution in [0, 0.1) is 5.82 Å². The van der Waals surface area contributed by atoms with Gasteiger partial charge in [-0.05, 0) is 18.6 Å². The lowest BCUT2D eigenvalue weighted by molar-refractivity contribution is -0.137. The lowest BCUT2D eigenvalue weighted by atomic mass is 10.1. The van der Waals surface area contributed by atoms with Gasteiger partial charge in [-0.2, -0.15) is 0 Å². The summed E-state index contributed by atoms with van der Waals surface area (Å²) in [5.74, 6) is -2.34. The molecular formula is C14H13FN2O4. The van der Waals surface area contributed by atoms with E-state index >= 15 is 0 Å². The maximum absolute atomic E-state index is 14.2. The van der Waals surface area contributed by atoms with Crippen LogP contribution in [0.1, 0.15) is 28.8 Å². The Kier molecular flexibility index (Phi) is 3.12. The van der Waals surface area contributed by atoms with E-state index in [9.17, 15) is 18.8 Å². The molecule has 0 aromatic heterocycles. The van der Waals surface area contributed by atoms with Crippen LogP contribution in [0.2, 0.25) is 0 Å². The summed E-state index contributed by atoms with van der Waals surface area (Å²) >= 11 is 0. The fourth-order valence-corrected chi connectivity index (χ4v) is 2.77. The second-order valence-electron chi connectivity index (χ2n) is 5.16. The molecule has 2 amide bonds. The third-order valence-corrected chi connectivity index (χ3v) is 3.76. The van der Waals surface area contributed by atoms with Gasteiger partial charge in [-0.15, -0.1) is 0 Å². The monoisotopic (exact) mass is 292 g/mol. The van der Waals surface area contributed by atoms with Crippen LogP contribution >= 0.6 is 0 Å². The number of benzene rings is 1. The number of carbonyl (C=O) groups is 3. The van der Waals surface area contributed by atoms with Gasteiger partial charge in [-0.3, -0.25) is 14.4 Å². The van der Waals surface area contributed by atoms with Gasteiger partial charge in [0.05, 0.1) is 6.54 Å². The van der Waals surface area contributed by atoms with Crippen LogP contribution in [-0.4, -0.2) is 40.9 Å². The second-order valence-corrected chi connectivity index (χ2v) is 5.16. The zero-order chi connectivity index (χ0) is 15.1. The molecule has 21 heavy (non-hydrogen) atoms. The molecular weight excluding hydrogens is 279 g/mol. The first-order valence-corrected chi connectivity index (χ1v) is 6.61. The second kappa shape index (κ2) is 4.83. The number of hydrogen-bond donors (Lipinski definition) is 1. The highest BCUT2D eigenvalue weighted by molar-refractivity contribution is 6.02. The van der Waals surface area contributed by atoms with Crippen molar-refractivity contribution in [3.05, 3.63) is 29.1 Å². The van der Waals surface area contributed by atoms with Gasteiger partial charge in [0.1, 0.15) is 12.4 Å². The molecule has 1 saturated heterocycles. The molecule has 1 aromatic carbocycles. The van der Waals surface area contributed by atoms with Crippen molar-refractivity contribution in [1.82, 2.24) is 4.90 Å². The van der Waals surface area contributed by atoms with E-state index in [1.54, 1.807) is 0 Å². The van der Waals surface area contributed by atoms with E-state index in [0.717, 1.165) is 4.90 Å². The van der Waals surface area contributed by atoms with Crippen LogP contribution in [0.15, 0.2) is 12.1 Å². The SMILES string of the molecule is O=C(O)CN1Cc2c(F)cc(N3CCCC3=O)cc2C1=O. The number of aliphatic carboxylic acids is 1. The summed E-state index contributed by atoms with van der Waals surface area (Å²) in [6.45, 7) is -0.0183. The maximum atomic E-state index is 14.2. The van der Waals surface area contributed by atoms with Crippen molar-refractivity contribution in [1.29, 1.82) is 0 Å². The van der Waals surface area contributed by atoms with Crippen molar-refractivity contribution in [3.8, 4) is 0 Å². The molecule has 0 atom stereocenters. The van der Waals surface area contributed by atoms with Crippen LogP contribution in [0.3, 0.4) is 0 Å². The zero-order valence-electron chi connectivity index (χ0n) is 11.1. The fraction of sp³-hybridized carbons (Fsp3) is 0.357. The molecule has 2 aliphatic rings. The Morgan fingerprint density at radius 2 is 2.10 bits per heavy atom. The lowest BCUT2D eigenvalue weighted by Crippen LogP contribution is -2.30. The van der Waals surface area contributed by atoms with E-state index in [0.29, 0.717) is 25.1 Å². The molecule has 0 spiro atoms. The summed E-state index contributed by atoms with van der Waals surface area (Å²) in [6, 6.07) is 2.71. The zero-order valence-corrected chi connectivity index (χ0v) is 11.1. The standard InChI is InChI=1S/C14H13FN2O4/c15-11-5-8(17-3-1-2-12(17)18)4-9-10(11)6-16(14(9)21)7-13(19)20/h4-5H,1-3,6-7H2,(H,19,20). The topological polar surface area (TPSA) is 77.9 Å². The van der Waals surface area contributed by atoms with Crippen molar-refractivity contribution in [2.24, 2.45) is 0 Å². The van der Waals surface area contributed by atoms with Crippen LogP contribution < -0.4 is 4.90 Å². The average Bonchev–Trinajstić information content (AvgIpc) is 2.96. The van der Waals surface area contributed by atoms with E-state index in [2.05, 4.69) is 0 Å². The first-order chi connectivity index (χ1) is 9.97. The molecule has 1 fully saturated rings. The normalized spacial score (nSPS) is 17.6. The van der Waals surface area contributed by atoms with Crippen LogP contribution in [-0.2, 0) is 16.1 Å². The Morgan fingerprint density at radius 3 is 2.71 bits per heavy atom. The molecule has 0 unspecified atom stereocenters. The summed E-state index contributed by atoms with van der Waals surface area (Å²) in [6.07, 6.45) is 1.12. The molecule has 3 rings (SSSR count). The largest absolute Gasteiger partial charge is 0.480 e. The summed E-state index contributed by atoms with van der Waals surface area (Å²) < 4.78 is 14.2. The van der Waals surface area contributed by atoms with E-state index in [1.165, 1.54) is 17.0 Å². The number of fused-ring (bicyclic) bond motifs is 1. The van der Waals surface area contributed by atoms with Gasteiger partial charge in [-0.1, -0.05) is 0 Å². The highest BCUT2D eigenvalue weighted by Crippen LogP contribution is 2.31. The number of carboxylic acids is 1. The number of hydrogen-bond acceptors (Lipinski definition) is 3. The van der Waals surface area contributed by atoms with Gasteiger partial charge in [0.15, 0.2) is 0 Å². The van der Waals surface area contributed by atoms with Gasteiger partial charge >= 0.3 is 5.97 Å². The molecule has 1 N–H and O–H groups in total. The van der Waals surface area contributed by atoms with Gasteiger partial charge < -0.3 is 14.9 Å². The molecule has 2 aliphatic heterocycles. The molecule has 110 valence electrons. The Bertz CT molecular complexity index is 659. The fourth-order valence-electron chi connectivity index (χ4n) is 2.77. The van der Waals surface area contributed by atoms with Crippen LogP contribution in [0.25, 0.3) is 0 Å². The van der Waals surface area contributed by atoms with Gasteiger partial charge in [0.2, 0.25) is 5.91 Å². The van der Waals surface area contributed by atoms with Crippen molar-refractivity contribution in [2.75, 3.05) is 18.0 Å². The molecule has 2 heterocycles. The van der Waals surface area contributed by atoms with Gasteiger partial charge in [-0.25, -0.2) is 4.39 Å². The van der Waals surface area contributed by atoms with Gasteiger partial charge in [0, 0.05) is 29.8 Å². The molecule has 0 bridgehead atoms. The number of amides is 2. The minimum Gasteiger partial charge on any atom is -0.480 e. The predicted octanol–water partition coefficient (Wildman–Crippen LogP) is 0.993.